The van der Waals surface area contributed by atoms with Crippen LogP contribution in [-0.4, -0.2) is 9.38 Å². The van der Waals surface area contributed by atoms with Gasteiger partial charge in [0, 0.05) is 23.3 Å². The lowest BCUT2D eigenvalue weighted by atomic mass is 10.1. The maximum atomic E-state index is 5.94. The molecule has 96 valence electrons. The smallest absolute Gasteiger partial charge is 0.137 e. The van der Waals surface area contributed by atoms with Gasteiger partial charge in [-0.15, -0.1) is 0 Å². The van der Waals surface area contributed by atoms with E-state index in [9.17, 15) is 0 Å². The molecule has 0 radical (unpaired) electrons. The highest BCUT2D eigenvalue weighted by atomic mass is 35.5. The summed E-state index contributed by atoms with van der Waals surface area (Å²) in [5, 5.41) is 0.734. The van der Waals surface area contributed by atoms with E-state index in [2.05, 4.69) is 9.38 Å². The van der Waals surface area contributed by atoms with Crippen LogP contribution in [0.25, 0.3) is 16.9 Å². The molecular weight excluding hydrogens is 258 g/mol. The summed E-state index contributed by atoms with van der Waals surface area (Å²) in [6.45, 7) is 2.53. The minimum atomic E-state index is 0.521. The highest BCUT2D eigenvalue weighted by molar-refractivity contribution is 6.30. The van der Waals surface area contributed by atoms with Gasteiger partial charge in [-0.2, -0.15) is 0 Å². The molecule has 3 rings (SSSR count). The van der Waals surface area contributed by atoms with Gasteiger partial charge in [0.15, 0.2) is 0 Å². The summed E-state index contributed by atoms with van der Waals surface area (Å²) in [7, 11) is 0. The molecule has 2 aromatic heterocycles. The molecule has 0 saturated heterocycles. The highest BCUT2D eigenvalue weighted by Gasteiger charge is 2.11. The largest absolute Gasteiger partial charge is 0.326 e. The molecule has 0 unspecified atom stereocenters. The molecule has 0 fully saturated rings. The fraction of sp³-hybridized carbons (Fsp3) is 0.133. The van der Waals surface area contributed by atoms with Crippen LogP contribution in [0.2, 0.25) is 5.02 Å². The van der Waals surface area contributed by atoms with Gasteiger partial charge in [0.1, 0.15) is 5.65 Å². The number of aromatic nitrogens is 2. The number of hydrogen-bond acceptors (Lipinski definition) is 2. The first kappa shape index (κ1) is 12.2. The monoisotopic (exact) mass is 271 g/mol. The molecule has 0 aliphatic carbocycles. The molecule has 0 aliphatic rings. The fourth-order valence-corrected chi connectivity index (χ4v) is 2.41. The van der Waals surface area contributed by atoms with Crippen molar-refractivity contribution >= 4 is 17.2 Å². The molecule has 0 amide bonds. The Bertz CT molecular complexity index is 729. The Morgan fingerprint density at radius 1 is 1.16 bits per heavy atom. The topological polar surface area (TPSA) is 43.3 Å². The van der Waals surface area contributed by atoms with Gasteiger partial charge in [0.2, 0.25) is 0 Å². The van der Waals surface area contributed by atoms with Crippen molar-refractivity contribution in [1.82, 2.24) is 9.38 Å². The van der Waals surface area contributed by atoms with Crippen molar-refractivity contribution in [3.63, 3.8) is 0 Å². The first-order valence-corrected chi connectivity index (χ1v) is 6.50. The number of rotatable bonds is 2. The number of pyridine rings is 1. The minimum Gasteiger partial charge on any atom is -0.326 e. The number of imidazole rings is 1. The molecule has 2 heterocycles. The third-order valence-corrected chi connectivity index (χ3v) is 3.46. The van der Waals surface area contributed by atoms with Gasteiger partial charge in [-0.3, -0.25) is 4.40 Å². The van der Waals surface area contributed by atoms with Crippen LogP contribution < -0.4 is 5.73 Å². The van der Waals surface area contributed by atoms with Gasteiger partial charge in [0.05, 0.1) is 11.4 Å². The molecule has 3 aromatic rings. The number of aryl methyl sites for hydroxylation is 1. The van der Waals surface area contributed by atoms with Crippen LogP contribution in [-0.2, 0) is 6.54 Å². The third-order valence-electron chi connectivity index (χ3n) is 3.21. The van der Waals surface area contributed by atoms with Crippen molar-refractivity contribution in [3.8, 4) is 11.3 Å². The van der Waals surface area contributed by atoms with E-state index in [4.69, 9.17) is 17.3 Å². The van der Waals surface area contributed by atoms with Crippen LogP contribution in [0.4, 0.5) is 0 Å². The van der Waals surface area contributed by atoms with E-state index in [1.54, 1.807) is 0 Å². The van der Waals surface area contributed by atoms with Crippen molar-refractivity contribution < 1.29 is 0 Å². The Labute approximate surface area is 116 Å². The summed E-state index contributed by atoms with van der Waals surface area (Å²) < 4.78 is 2.08. The molecule has 4 heteroatoms. The number of nitrogens with two attached hydrogens (primary N) is 1. The summed E-state index contributed by atoms with van der Waals surface area (Å²) in [4.78, 5) is 4.58. The van der Waals surface area contributed by atoms with Crippen LogP contribution >= 0.6 is 11.6 Å². The van der Waals surface area contributed by atoms with Gasteiger partial charge < -0.3 is 5.73 Å². The van der Waals surface area contributed by atoms with E-state index in [0.717, 1.165) is 33.2 Å². The quantitative estimate of drug-likeness (QED) is 0.776. The second kappa shape index (κ2) is 4.68. The molecule has 19 heavy (non-hydrogen) atoms. The lowest BCUT2D eigenvalue weighted by Gasteiger charge is -2.05. The Balaban J connectivity index is 2.26. The number of hydrogen-bond donors (Lipinski definition) is 1. The van der Waals surface area contributed by atoms with E-state index >= 15 is 0 Å². The average Bonchev–Trinajstić information content (AvgIpc) is 2.75. The molecular formula is C15H14ClN3. The molecule has 0 saturated carbocycles. The van der Waals surface area contributed by atoms with Crippen molar-refractivity contribution in [3.05, 3.63) is 58.9 Å². The molecule has 0 atom stereocenters. The zero-order valence-corrected chi connectivity index (χ0v) is 11.4. The molecule has 1 aromatic carbocycles. The summed E-state index contributed by atoms with van der Waals surface area (Å²) in [6, 6.07) is 11.8. The van der Waals surface area contributed by atoms with Crippen LogP contribution in [0, 0.1) is 6.92 Å². The van der Waals surface area contributed by atoms with E-state index in [1.807, 2.05) is 49.5 Å². The van der Waals surface area contributed by atoms with Crippen LogP contribution in [0.5, 0.6) is 0 Å². The van der Waals surface area contributed by atoms with Crippen molar-refractivity contribution in [2.24, 2.45) is 5.73 Å². The summed E-state index contributed by atoms with van der Waals surface area (Å²) in [6.07, 6.45) is 2.04. The highest BCUT2D eigenvalue weighted by Crippen LogP contribution is 2.26. The molecule has 2 N–H and O–H groups in total. The predicted octanol–water partition coefficient (Wildman–Crippen LogP) is 3.42. The lowest BCUT2D eigenvalue weighted by Crippen LogP contribution is -1.99. The minimum absolute atomic E-state index is 0.521. The van der Waals surface area contributed by atoms with E-state index in [0.29, 0.717) is 6.54 Å². The second-order valence-electron chi connectivity index (χ2n) is 4.52. The normalized spacial score (nSPS) is 11.1. The first-order valence-electron chi connectivity index (χ1n) is 6.12. The maximum Gasteiger partial charge on any atom is 0.137 e. The molecule has 0 spiro atoms. The fourth-order valence-electron chi connectivity index (χ4n) is 2.28. The first-order chi connectivity index (χ1) is 9.19. The third kappa shape index (κ3) is 2.11. The molecule has 0 aliphatic heterocycles. The van der Waals surface area contributed by atoms with Gasteiger partial charge in [0.25, 0.3) is 0 Å². The Morgan fingerprint density at radius 2 is 1.89 bits per heavy atom. The Hall–Kier alpha value is -1.84. The van der Waals surface area contributed by atoms with E-state index in [-0.39, 0.29) is 0 Å². The van der Waals surface area contributed by atoms with Gasteiger partial charge in [-0.05, 0) is 30.7 Å². The number of benzene rings is 1. The van der Waals surface area contributed by atoms with Crippen LogP contribution in [0.15, 0.2) is 42.6 Å². The number of halogens is 1. The van der Waals surface area contributed by atoms with Gasteiger partial charge in [-0.25, -0.2) is 4.98 Å². The number of nitrogens with zero attached hydrogens (tertiary/aromatic N) is 2. The van der Waals surface area contributed by atoms with Gasteiger partial charge in [-0.1, -0.05) is 29.8 Å². The number of fused-ring (bicyclic) bond motifs is 1. The average molecular weight is 272 g/mol. The van der Waals surface area contributed by atoms with Crippen molar-refractivity contribution in [2.75, 3.05) is 0 Å². The zero-order valence-electron chi connectivity index (χ0n) is 10.6. The maximum absolute atomic E-state index is 5.94. The van der Waals surface area contributed by atoms with Crippen LogP contribution in [0.3, 0.4) is 0 Å². The molecule has 3 nitrogen and oxygen atoms in total. The standard InChI is InChI=1S/C15H14ClN3/c1-10-15(12-3-5-13(16)6-4-12)19-9-11(8-17)2-7-14(19)18-10/h2-7,9H,8,17H2,1H3. The van der Waals surface area contributed by atoms with Gasteiger partial charge >= 0.3 is 0 Å². The van der Waals surface area contributed by atoms with E-state index in [1.165, 1.54) is 0 Å². The van der Waals surface area contributed by atoms with E-state index < -0.39 is 0 Å². The Kier molecular flexibility index (Phi) is 3.01. The summed E-state index contributed by atoms with van der Waals surface area (Å²) >= 11 is 5.94. The summed E-state index contributed by atoms with van der Waals surface area (Å²) in [5.74, 6) is 0. The lowest BCUT2D eigenvalue weighted by molar-refractivity contribution is 1.03. The van der Waals surface area contributed by atoms with Crippen molar-refractivity contribution in [2.45, 2.75) is 13.5 Å². The summed E-state index contributed by atoms with van der Waals surface area (Å²) in [5.41, 5.74) is 10.9. The predicted molar refractivity (Wildman–Crippen MR) is 78.3 cm³/mol. The zero-order chi connectivity index (χ0) is 13.4. The Morgan fingerprint density at radius 3 is 2.58 bits per heavy atom. The SMILES string of the molecule is Cc1nc2ccc(CN)cn2c1-c1ccc(Cl)cc1. The molecule has 0 bridgehead atoms. The second-order valence-corrected chi connectivity index (χ2v) is 4.96. The van der Waals surface area contributed by atoms with Crippen molar-refractivity contribution in [1.29, 1.82) is 0 Å². The van der Waals surface area contributed by atoms with Crippen LogP contribution in [0.1, 0.15) is 11.3 Å².